The molecule has 2 heterocycles. The predicted molar refractivity (Wildman–Crippen MR) is 68.2 cm³/mol. The summed E-state index contributed by atoms with van der Waals surface area (Å²) in [4.78, 5) is 24.4. The molecule has 6 nitrogen and oxygen atoms in total. The lowest BCUT2D eigenvalue weighted by Gasteiger charge is -2.46. The second-order valence-corrected chi connectivity index (χ2v) is 4.95. The molecule has 0 saturated carbocycles. The highest BCUT2D eigenvalue weighted by Gasteiger charge is 2.40. The summed E-state index contributed by atoms with van der Waals surface area (Å²) in [5.74, 6) is 0.216. The normalized spacial score (nSPS) is 26.3. The Labute approximate surface area is 110 Å². The Morgan fingerprint density at radius 1 is 1.21 bits per heavy atom. The minimum atomic E-state index is -0.373. The maximum absolute atomic E-state index is 11.7. The van der Waals surface area contributed by atoms with E-state index in [9.17, 15) is 14.9 Å². The molecule has 0 spiro atoms. The number of nitro benzene ring substituents is 1. The third kappa shape index (κ3) is 2.08. The molecule has 6 heteroatoms. The number of anilines is 1. The van der Waals surface area contributed by atoms with E-state index in [-0.39, 0.29) is 28.5 Å². The van der Waals surface area contributed by atoms with E-state index in [1.807, 2.05) is 4.90 Å². The summed E-state index contributed by atoms with van der Waals surface area (Å²) in [6.07, 6.45) is 0.811. The first-order valence-electron chi connectivity index (χ1n) is 6.28. The van der Waals surface area contributed by atoms with Gasteiger partial charge in [-0.3, -0.25) is 14.9 Å². The molecule has 100 valence electrons. The molecule has 19 heavy (non-hydrogen) atoms. The van der Waals surface area contributed by atoms with E-state index >= 15 is 0 Å². The second-order valence-electron chi connectivity index (χ2n) is 4.95. The average Bonchev–Trinajstić information content (AvgIpc) is 2.37. The Morgan fingerprint density at radius 2 is 1.84 bits per heavy atom. The number of rotatable bonds is 2. The summed E-state index contributed by atoms with van der Waals surface area (Å²) in [6, 6.07) is 6.53. The highest BCUT2D eigenvalue weighted by molar-refractivity contribution is 5.83. The number of piperidine rings is 1. The van der Waals surface area contributed by atoms with Crippen LogP contribution in [0.25, 0.3) is 0 Å². The Balaban J connectivity index is 2.02. The lowest BCUT2D eigenvalue weighted by Crippen LogP contribution is -2.57. The van der Waals surface area contributed by atoms with Crippen molar-refractivity contribution in [2.75, 3.05) is 18.1 Å². The van der Waals surface area contributed by atoms with Crippen molar-refractivity contribution in [2.45, 2.75) is 24.9 Å². The first-order chi connectivity index (χ1) is 9.16. The lowest BCUT2D eigenvalue weighted by molar-refractivity contribution is -0.384. The third-order valence-corrected chi connectivity index (χ3v) is 3.69. The molecule has 2 bridgehead atoms. The van der Waals surface area contributed by atoms with Crippen LogP contribution in [-0.2, 0) is 9.53 Å². The van der Waals surface area contributed by atoms with Gasteiger partial charge in [0.1, 0.15) is 11.5 Å². The molecular weight excluding hydrogens is 248 g/mol. The fourth-order valence-corrected chi connectivity index (χ4v) is 2.95. The minimum Gasteiger partial charge on any atom is -0.377 e. The van der Waals surface area contributed by atoms with Gasteiger partial charge in [0.15, 0.2) is 0 Å². The molecule has 0 radical (unpaired) electrons. The van der Waals surface area contributed by atoms with Crippen LogP contribution in [0.15, 0.2) is 24.3 Å². The molecule has 2 saturated heterocycles. The van der Waals surface area contributed by atoms with Crippen molar-refractivity contribution < 1.29 is 14.5 Å². The number of benzene rings is 1. The molecule has 0 aliphatic carbocycles. The first-order valence-corrected chi connectivity index (χ1v) is 6.28. The summed E-state index contributed by atoms with van der Waals surface area (Å²) >= 11 is 0. The van der Waals surface area contributed by atoms with Crippen LogP contribution in [0.5, 0.6) is 0 Å². The summed E-state index contributed by atoms with van der Waals surface area (Å²) in [5.41, 5.74) is 0.687. The number of Topliss-reactive ketones (excluding diaryl/α,β-unsaturated/α-hetero) is 1. The number of nitrogens with zero attached hydrogens (tertiary/aromatic N) is 2. The number of ether oxygens (including phenoxy) is 1. The van der Waals surface area contributed by atoms with Crippen LogP contribution in [0.3, 0.4) is 0 Å². The Bertz CT molecular complexity index is 515. The van der Waals surface area contributed by atoms with Crippen LogP contribution in [0.2, 0.25) is 0 Å². The van der Waals surface area contributed by atoms with E-state index in [0.29, 0.717) is 31.7 Å². The van der Waals surface area contributed by atoms with Gasteiger partial charge in [-0.15, -0.1) is 0 Å². The van der Waals surface area contributed by atoms with Crippen LogP contribution in [-0.4, -0.2) is 36.0 Å². The Kier molecular flexibility index (Phi) is 2.94. The number of carbonyl (C=O) groups is 1. The molecule has 2 unspecified atom stereocenters. The van der Waals surface area contributed by atoms with Gasteiger partial charge < -0.3 is 9.64 Å². The Hall–Kier alpha value is -1.95. The number of fused-ring (bicyclic) bond motifs is 2. The lowest BCUT2D eigenvalue weighted by atomic mass is 9.92. The first kappa shape index (κ1) is 12.1. The van der Waals surface area contributed by atoms with Gasteiger partial charge in [0.25, 0.3) is 5.69 Å². The number of hydrogen-bond acceptors (Lipinski definition) is 5. The van der Waals surface area contributed by atoms with Crippen molar-refractivity contribution in [1.82, 2.24) is 0 Å². The molecular formula is C13H14N2O4. The minimum absolute atomic E-state index is 0.0823. The smallest absolute Gasteiger partial charge is 0.292 e. The van der Waals surface area contributed by atoms with Crippen LogP contribution in [0, 0.1) is 10.1 Å². The molecule has 2 atom stereocenters. The van der Waals surface area contributed by atoms with Gasteiger partial charge in [-0.2, -0.15) is 0 Å². The third-order valence-electron chi connectivity index (χ3n) is 3.69. The highest BCUT2D eigenvalue weighted by Crippen LogP contribution is 2.36. The quantitative estimate of drug-likeness (QED) is 0.597. The molecule has 1 aromatic rings. The monoisotopic (exact) mass is 262 g/mol. The summed E-state index contributed by atoms with van der Waals surface area (Å²) in [5, 5.41) is 11.1. The van der Waals surface area contributed by atoms with E-state index in [4.69, 9.17) is 4.74 Å². The van der Waals surface area contributed by atoms with Crippen molar-refractivity contribution in [3.63, 3.8) is 0 Å². The van der Waals surface area contributed by atoms with Gasteiger partial charge in [0, 0.05) is 18.9 Å². The van der Waals surface area contributed by atoms with E-state index in [2.05, 4.69) is 0 Å². The van der Waals surface area contributed by atoms with Crippen molar-refractivity contribution in [3.05, 3.63) is 34.4 Å². The van der Waals surface area contributed by atoms with Gasteiger partial charge in [-0.1, -0.05) is 12.1 Å². The van der Waals surface area contributed by atoms with Crippen molar-refractivity contribution >= 4 is 17.2 Å². The summed E-state index contributed by atoms with van der Waals surface area (Å²) < 4.78 is 5.47. The zero-order chi connectivity index (χ0) is 13.4. The molecule has 2 fully saturated rings. The van der Waals surface area contributed by atoms with Gasteiger partial charge in [-0.05, 0) is 6.07 Å². The molecule has 1 aromatic carbocycles. The van der Waals surface area contributed by atoms with Crippen LogP contribution in [0.1, 0.15) is 12.8 Å². The van der Waals surface area contributed by atoms with Crippen LogP contribution >= 0.6 is 0 Å². The molecule has 2 aliphatic heterocycles. The number of nitro groups is 1. The average molecular weight is 262 g/mol. The summed E-state index contributed by atoms with van der Waals surface area (Å²) in [7, 11) is 0. The maximum atomic E-state index is 11.7. The predicted octanol–water partition coefficient (Wildman–Crippen LogP) is 1.53. The van der Waals surface area contributed by atoms with Crippen molar-refractivity contribution in [3.8, 4) is 0 Å². The highest BCUT2D eigenvalue weighted by atomic mass is 16.6. The van der Waals surface area contributed by atoms with E-state index in [0.717, 1.165) is 0 Å². The standard InChI is InChI=1S/C13H14N2O4/c16-11-5-9-7-19-8-10(6-11)14(9)12-3-1-2-4-13(12)15(17)18/h1-4,9-10H,5-8H2. The molecule has 2 aliphatic rings. The zero-order valence-corrected chi connectivity index (χ0v) is 10.3. The number of morpholine rings is 1. The van der Waals surface area contributed by atoms with Crippen LogP contribution < -0.4 is 4.90 Å². The fraction of sp³-hybridized carbons (Fsp3) is 0.462. The molecule has 0 N–H and O–H groups in total. The topological polar surface area (TPSA) is 72.7 Å². The maximum Gasteiger partial charge on any atom is 0.292 e. The number of carbonyl (C=O) groups excluding carboxylic acids is 1. The van der Waals surface area contributed by atoms with Gasteiger partial charge >= 0.3 is 0 Å². The van der Waals surface area contributed by atoms with Crippen molar-refractivity contribution in [2.24, 2.45) is 0 Å². The van der Waals surface area contributed by atoms with Gasteiger partial charge in [0.05, 0.1) is 30.2 Å². The van der Waals surface area contributed by atoms with E-state index in [1.54, 1.807) is 18.2 Å². The van der Waals surface area contributed by atoms with Crippen molar-refractivity contribution in [1.29, 1.82) is 0 Å². The zero-order valence-electron chi connectivity index (χ0n) is 10.3. The SMILES string of the molecule is O=C1CC2COCC(C1)N2c1ccccc1[N+](=O)[O-]. The summed E-state index contributed by atoms with van der Waals surface area (Å²) in [6.45, 7) is 0.905. The van der Waals surface area contributed by atoms with Crippen LogP contribution in [0.4, 0.5) is 11.4 Å². The number of ketones is 1. The number of para-hydroxylation sites is 2. The van der Waals surface area contributed by atoms with Gasteiger partial charge in [-0.25, -0.2) is 0 Å². The van der Waals surface area contributed by atoms with E-state index in [1.165, 1.54) is 6.07 Å². The molecule has 3 rings (SSSR count). The van der Waals surface area contributed by atoms with E-state index < -0.39 is 0 Å². The number of hydrogen-bond donors (Lipinski definition) is 0. The van der Waals surface area contributed by atoms with Gasteiger partial charge in [0.2, 0.25) is 0 Å². The fourth-order valence-electron chi connectivity index (χ4n) is 2.95. The largest absolute Gasteiger partial charge is 0.377 e. The second kappa shape index (κ2) is 4.62. The Morgan fingerprint density at radius 3 is 2.47 bits per heavy atom. The molecule has 0 aromatic heterocycles. The molecule has 0 amide bonds.